The minimum Gasteiger partial charge on any atom is -0.503 e. The highest BCUT2D eigenvalue weighted by molar-refractivity contribution is 8.93. The van der Waals surface area contributed by atoms with Crippen LogP contribution in [0.15, 0.2) is 28.3 Å². The molecule has 6 heteroatoms. The molecule has 0 atom stereocenters. The zero-order chi connectivity index (χ0) is 15.0. The molecule has 1 aliphatic rings. The third kappa shape index (κ3) is 2.70. The third-order valence-electron chi connectivity index (χ3n) is 3.37. The fourth-order valence-electron chi connectivity index (χ4n) is 2.35. The summed E-state index contributed by atoms with van der Waals surface area (Å²) in [4.78, 5) is 13.3. The number of halogens is 1. The molecule has 0 amide bonds. The van der Waals surface area contributed by atoms with Crippen molar-refractivity contribution in [2.45, 2.75) is 13.8 Å². The summed E-state index contributed by atoms with van der Waals surface area (Å²) >= 11 is 0. The van der Waals surface area contributed by atoms with Crippen LogP contribution in [0.2, 0.25) is 0 Å². The predicted molar refractivity (Wildman–Crippen MR) is 94.7 cm³/mol. The van der Waals surface area contributed by atoms with Crippen LogP contribution in [0, 0.1) is 5.92 Å². The maximum absolute atomic E-state index is 10.2. The molecule has 0 saturated carbocycles. The van der Waals surface area contributed by atoms with Gasteiger partial charge in [0.2, 0.25) is 0 Å². The summed E-state index contributed by atoms with van der Waals surface area (Å²) in [6, 6.07) is 3.67. The molecule has 116 valence electrons. The van der Waals surface area contributed by atoms with E-state index in [-0.39, 0.29) is 22.7 Å². The molecule has 2 heterocycles. The molecule has 0 bridgehead atoms. The molecule has 0 spiro atoms. The molecule has 0 saturated heterocycles. The first-order chi connectivity index (χ1) is 10.1. The quantitative estimate of drug-likeness (QED) is 0.903. The maximum atomic E-state index is 10.2. The van der Waals surface area contributed by atoms with Gasteiger partial charge in [-0.15, -0.1) is 17.0 Å². The van der Waals surface area contributed by atoms with E-state index >= 15 is 0 Å². The highest BCUT2D eigenvalue weighted by atomic mass is 79.9. The molecule has 1 aromatic heterocycles. The van der Waals surface area contributed by atoms with Crippen LogP contribution in [-0.2, 0) is 0 Å². The van der Waals surface area contributed by atoms with Crippen LogP contribution in [0.5, 0.6) is 11.5 Å². The second kappa shape index (κ2) is 6.44. The van der Waals surface area contributed by atoms with Crippen molar-refractivity contribution in [3.63, 3.8) is 0 Å². The molecule has 2 aromatic rings. The molecule has 22 heavy (non-hydrogen) atoms. The minimum atomic E-state index is 0. The van der Waals surface area contributed by atoms with Crippen molar-refractivity contribution in [3.05, 3.63) is 24.0 Å². The number of ether oxygens (including phenoxy) is 1. The standard InChI is InChI=1S/C16H17N3O2.BrH/c1-9(2)7-18-11-8-19-15-13-10(4-5-17-14(11)13)6-12(21-3)16(15)20;/h4-6,8-9,20H,7H2,1-3H3;1H. The van der Waals surface area contributed by atoms with Gasteiger partial charge in [0.1, 0.15) is 11.4 Å². The van der Waals surface area contributed by atoms with Gasteiger partial charge in [-0.2, -0.15) is 0 Å². The van der Waals surface area contributed by atoms with E-state index in [1.807, 2.05) is 6.07 Å². The average Bonchev–Trinajstić information content (AvgIpc) is 2.49. The Hall–Kier alpha value is -1.95. The Bertz CT molecular complexity index is 770. The SMILES string of the molecule is Br.COc1cc2ccnc3c2c(c1O)N=CC3=NCC(C)C. The summed E-state index contributed by atoms with van der Waals surface area (Å²) < 4.78 is 5.19. The lowest BCUT2D eigenvalue weighted by Gasteiger charge is -2.16. The summed E-state index contributed by atoms with van der Waals surface area (Å²) in [6.07, 6.45) is 3.40. The van der Waals surface area contributed by atoms with Gasteiger partial charge in [0.05, 0.1) is 19.0 Å². The van der Waals surface area contributed by atoms with Gasteiger partial charge in [-0.25, -0.2) is 4.99 Å². The van der Waals surface area contributed by atoms with Crippen LogP contribution in [0.1, 0.15) is 19.5 Å². The molecule has 0 fully saturated rings. The van der Waals surface area contributed by atoms with E-state index in [2.05, 4.69) is 28.8 Å². The Morgan fingerprint density at radius 3 is 2.82 bits per heavy atom. The summed E-state index contributed by atoms with van der Waals surface area (Å²) in [5.74, 6) is 0.920. The van der Waals surface area contributed by atoms with Crippen molar-refractivity contribution in [3.8, 4) is 11.5 Å². The molecule has 0 aliphatic carbocycles. The molecule has 1 N–H and O–H groups in total. The van der Waals surface area contributed by atoms with Gasteiger partial charge in [0, 0.05) is 18.1 Å². The van der Waals surface area contributed by atoms with Crippen LogP contribution < -0.4 is 4.74 Å². The monoisotopic (exact) mass is 363 g/mol. The van der Waals surface area contributed by atoms with Crippen LogP contribution in [-0.4, -0.2) is 35.7 Å². The van der Waals surface area contributed by atoms with Crippen LogP contribution in [0.25, 0.3) is 10.8 Å². The number of pyridine rings is 1. The summed E-state index contributed by atoms with van der Waals surface area (Å²) in [5, 5.41) is 12.0. The number of hydrogen-bond acceptors (Lipinski definition) is 5. The second-order valence-corrected chi connectivity index (χ2v) is 5.41. The number of phenols is 1. The van der Waals surface area contributed by atoms with Gasteiger partial charge in [-0.1, -0.05) is 13.8 Å². The minimum absolute atomic E-state index is 0. The number of aromatic nitrogens is 1. The number of benzene rings is 1. The second-order valence-electron chi connectivity index (χ2n) is 5.41. The molecule has 0 unspecified atom stereocenters. The predicted octanol–water partition coefficient (Wildman–Crippen LogP) is 3.69. The number of aromatic hydroxyl groups is 1. The number of nitrogens with zero attached hydrogens (tertiary/aromatic N) is 3. The molecule has 3 rings (SSSR count). The topological polar surface area (TPSA) is 67.1 Å². The van der Waals surface area contributed by atoms with E-state index in [4.69, 9.17) is 4.74 Å². The van der Waals surface area contributed by atoms with E-state index in [9.17, 15) is 5.11 Å². The lowest BCUT2D eigenvalue weighted by atomic mass is 10.0. The number of phenolic OH excluding ortho intramolecular Hbond substituents is 1. The van der Waals surface area contributed by atoms with Crippen LogP contribution in [0.4, 0.5) is 5.69 Å². The Morgan fingerprint density at radius 2 is 2.14 bits per heavy atom. The van der Waals surface area contributed by atoms with Crippen molar-refractivity contribution in [2.24, 2.45) is 15.9 Å². The van der Waals surface area contributed by atoms with Gasteiger partial charge in [0.15, 0.2) is 11.5 Å². The lowest BCUT2D eigenvalue weighted by Crippen LogP contribution is -2.11. The fourth-order valence-corrected chi connectivity index (χ4v) is 2.35. The van der Waals surface area contributed by atoms with Gasteiger partial charge < -0.3 is 9.84 Å². The van der Waals surface area contributed by atoms with Crippen molar-refractivity contribution in [1.82, 2.24) is 4.98 Å². The molecular weight excluding hydrogens is 346 g/mol. The van der Waals surface area contributed by atoms with Crippen molar-refractivity contribution in [1.29, 1.82) is 0 Å². The van der Waals surface area contributed by atoms with Gasteiger partial charge >= 0.3 is 0 Å². The highest BCUT2D eigenvalue weighted by Crippen LogP contribution is 2.44. The van der Waals surface area contributed by atoms with Gasteiger partial charge in [-0.3, -0.25) is 9.98 Å². The Labute approximate surface area is 139 Å². The Kier molecular flexibility index (Phi) is 4.81. The number of methoxy groups -OCH3 is 1. The molecule has 1 aliphatic heterocycles. The first-order valence-corrected chi connectivity index (χ1v) is 6.89. The van der Waals surface area contributed by atoms with Crippen molar-refractivity contribution >= 4 is 45.4 Å². The zero-order valence-electron chi connectivity index (χ0n) is 12.7. The zero-order valence-corrected chi connectivity index (χ0v) is 14.4. The van der Waals surface area contributed by atoms with E-state index in [0.29, 0.717) is 17.4 Å². The summed E-state index contributed by atoms with van der Waals surface area (Å²) in [6.45, 7) is 4.95. The van der Waals surface area contributed by atoms with Crippen LogP contribution >= 0.6 is 17.0 Å². The van der Waals surface area contributed by atoms with Crippen molar-refractivity contribution < 1.29 is 9.84 Å². The Balaban J connectivity index is 0.00000176. The smallest absolute Gasteiger partial charge is 0.184 e. The van der Waals surface area contributed by atoms with Crippen LogP contribution in [0.3, 0.4) is 0 Å². The molecule has 1 aromatic carbocycles. The summed E-state index contributed by atoms with van der Waals surface area (Å²) in [5.41, 5.74) is 2.01. The largest absolute Gasteiger partial charge is 0.503 e. The first-order valence-electron chi connectivity index (χ1n) is 6.89. The Morgan fingerprint density at radius 1 is 1.36 bits per heavy atom. The number of aliphatic imine (C=N–C) groups is 2. The van der Waals surface area contributed by atoms with Gasteiger partial charge in [-0.05, 0) is 23.4 Å². The third-order valence-corrected chi connectivity index (χ3v) is 3.37. The van der Waals surface area contributed by atoms with E-state index in [1.165, 1.54) is 7.11 Å². The normalized spacial score (nSPS) is 14.5. The first kappa shape index (κ1) is 16.4. The lowest BCUT2D eigenvalue weighted by molar-refractivity contribution is 0.375. The average molecular weight is 364 g/mol. The molecule has 0 radical (unpaired) electrons. The van der Waals surface area contributed by atoms with Gasteiger partial charge in [0.25, 0.3) is 0 Å². The number of rotatable bonds is 3. The van der Waals surface area contributed by atoms with E-state index < -0.39 is 0 Å². The maximum Gasteiger partial charge on any atom is 0.184 e. The van der Waals surface area contributed by atoms with Crippen molar-refractivity contribution in [2.75, 3.05) is 13.7 Å². The highest BCUT2D eigenvalue weighted by Gasteiger charge is 2.21. The summed E-state index contributed by atoms with van der Waals surface area (Å²) in [7, 11) is 1.53. The van der Waals surface area contributed by atoms with E-state index in [0.717, 1.165) is 28.7 Å². The fraction of sp³-hybridized carbons (Fsp3) is 0.312. The van der Waals surface area contributed by atoms with E-state index in [1.54, 1.807) is 18.5 Å². The molecular formula is C16H18BrN3O2. The molecule has 5 nitrogen and oxygen atoms in total. The number of hydrogen-bond donors (Lipinski definition) is 1.